The minimum atomic E-state index is -0.701. The molecule has 1 heterocycles. The van der Waals surface area contributed by atoms with Gasteiger partial charge in [-0.15, -0.1) is 0 Å². The maximum atomic E-state index is 10.6. The standard InChI is InChI=1S/C13H16BrNO2/c14-10-3-5-12(6-4-10)15-9-1-2-11(15)7-8-13(16)17/h3-6,11H,1-2,7-9H2,(H,16,17). The predicted octanol–water partition coefficient (Wildman–Crippen LogP) is 3.28. The fraction of sp³-hybridized carbons (Fsp3) is 0.462. The minimum absolute atomic E-state index is 0.262. The van der Waals surface area contributed by atoms with Crippen LogP contribution in [0.4, 0.5) is 5.69 Å². The molecule has 1 aromatic rings. The summed E-state index contributed by atoms with van der Waals surface area (Å²) in [4.78, 5) is 12.9. The van der Waals surface area contributed by atoms with E-state index < -0.39 is 5.97 Å². The summed E-state index contributed by atoms with van der Waals surface area (Å²) >= 11 is 3.42. The van der Waals surface area contributed by atoms with Crippen molar-refractivity contribution in [2.24, 2.45) is 0 Å². The van der Waals surface area contributed by atoms with Crippen molar-refractivity contribution in [2.45, 2.75) is 31.7 Å². The molecular formula is C13H16BrNO2. The van der Waals surface area contributed by atoms with E-state index in [1.165, 1.54) is 5.69 Å². The van der Waals surface area contributed by atoms with E-state index in [1.54, 1.807) is 0 Å². The van der Waals surface area contributed by atoms with Gasteiger partial charge < -0.3 is 10.0 Å². The molecule has 0 bridgehead atoms. The van der Waals surface area contributed by atoms with Gasteiger partial charge in [-0.1, -0.05) is 15.9 Å². The van der Waals surface area contributed by atoms with E-state index in [1.807, 2.05) is 12.1 Å². The quantitative estimate of drug-likeness (QED) is 0.927. The van der Waals surface area contributed by atoms with Gasteiger partial charge in [0, 0.05) is 29.2 Å². The van der Waals surface area contributed by atoms with Crippen LogP contribution in [0, 0.1) is 0 Å². The van der Waals surface area contributed by atoms with Crippen molar-refractivity contribution in [1.82, 2.24) is 0 Å². The number of anilines is 1. The molecule has 17 heavy (non-hydrogen) atoms. The van der Waals surface area contributed by atoms with Crippen LogP contribution in [0.15, 0.2) is 28.7 Å². The largest absolute Gasteiger partial charge is 0.481 e. The molecule has 1 unspecified atom stereocenters. The Morgan fingerprint density at radius 1 is 1.41 bits per heavy atom. The van der Waals surface area contributed by atoms with E-state index in [-0.39, 0.29) is 6.42 Å². The third-order valence-electron chi connectivity index (χ3n) is 3.23. The van der Waals surface area contributed by atoms with Gasteiger partial charge in [-0.05, 0) is 43.5 Å². The second-order valence-electron chi connectivity index (χ2n) is 4.40. The van der Waals surface area contributed by atoms with E-state index >= 15 is 0 Å². The minimum Gasteiger partial charge on any atom is -0.481 e. The van der Waals surface area contributed by atoms with Crippen LogP contribution in [0.5, 0.6) is 0 Å². The first-order valence-electron chi connectivity index (χ1n) is 5.91. The number of benzene rings is 1. The smallest absolute Gasteiger partial charge is 0.303 e. The Labute approximate surface area is 110 Å². The first-order valence-corrected chi connectivity index (χ1v) is 6.70. The molecule has 1 atom stereocenters. The summed E-state index contributed by atoms with van der Waals surface area (Å²) in [6, 6.07) is 8.61. The molecule has 0 aromatic heterocycles. The van der Waals surface area contributed by atoms with Crippen molar-refractivity contribution in [2.75, 3.05) is 11.4 Å². The number of carboxylic acid groups (broad SMARTS) is 1. The maximum absolute atomic E-state index is 10.6. The molecule has 1 N–H and O–H groups in total. The van der Waals surface area contributed by atoms with Crippen molar-refractivity contribution < 1.29 is 9.90 Å². The molecule has 1 saturated heterocycles. The van der Waals surface area contributed by atoms with Crippen LogP contribution < -0.4 is 4.90 Å². The zero-order chi connectivity index (χ0) is 12.3. The number of hydrogen-bond acceptors (Lipinski definition) is 2. The summed E-state index contributed by atoms with van der Waals surface area (Å²) in [7, 11) is 0. The Morgan fingerprint density at radius 2 is 2.12 bits per heavy atom. The van der Waals surface area contributed by atoms with Crippen LogP contribution in [-0.2, 0) is 4.79 Å². The molecule has 92 valence electrons. The topological polar surface area (TPSA) is 40.5 Å². The lowest BCUT2D eigenvalue weighted by atomic mass is 10.1. The van der Waals surface area contributed by atoms with Gasteiger partial charge in [0.2, 0.25) is 0 Å². The number of rotatable bonds is 4. The number of aliphatic carboxylic acids is 1. The lowest BCUT2D eigenvalue weighted by Gasteiger charge is -2.26. The zero-order valence-electron chi connectivity index (χ0n) is 9.60. The number of hydrogen-bond donors (Lipinski definition) is 1. The van der Waals surface area contributed by atoms with E-state index in [2.05, 4.69) is 33.0 Å². The Hall–Kier alpha value is -1.03. The van der Waals surface area contributed by atoms with Gasteiger partial charge in [0.1, 0.15) is 0 Å². The summed E-state index contributed by atoms with van der Waals surface area (Å²) in [5, 5.41) is 8.74. The highest BCUT2D eigenvalue weighted by Crippen LogP contribution is 2.28. The molecule has 1 aliphatic heterocycles. The molecule has 3 nitrogen and oxygen atoms in total. The van der Waals surface area contributed by atoms with Gasteiger partial charge in [-0.2, -0.15) is 0 Å². The summed E-state index contributed by atoms with van der Waals surface area (Å²) in [6.07, 6.45) is 3.26. The van der Waals surface area contributed by atoms with Crippen LogP contribution in [0.3, 0.4) is 0 Å². The van der Waals surface area contributed by atoms with E-state index in [0.29, 0.717) is 6.04 Å². The Bertz CT molecular complexity index is 391. The van der Waals surface area contributed by atoms with Crippen molar-refractivity contribution in [3.63, 3.8) is 0 Å². The number of carbonyl (C=O) groups is 1. The van der Waals surface area contributed by atoms with Crippen molar-refractivity contribution in [3.8, 4) is 0 Å². The molecule has 1 aliphatic rings. The fourth-order valence-electron chi connectivity index (χ4n) is 2.40. The van der Waals surface area contributed by atoms with Gasteiger partial charge in [0.15, 0.2) is 0 Å². The third-order valence-corrected chi connectivity index (χ3v) is 3.76. The molecule has 0 aliphatic carbocycles. The van der Waals surface area contributed by atoms with Crippen LogP contribution in [0.25, 0.3) is 0 Å². The molecule has 1 fully saturated rings. The van der Waals surface area contributed by atoms with E-state index in [0.717, 1.165) is 30.3 Å². The molecule has 0 radical (unpaired) electrons. The highest BCUT2D eigenvalue weighted by Gasteiger charge is 2.24. The summed E-state index contributed by atoms with van der Waals surface area (Å²) < 4.78 is 1.07. The van der Waals surface area contributed by atoms with Gasteiger partial charge in [0.05, 0.1) is 0 Å². The SMILES string of the molecule is O=C(O)CCC1CCCN1c1ccc(Br)cc1. The highest BCUT2D eigenvalue weighted by atomic mass is 79.9. The first-order chi connectivity index (χ1) is 8.16. The normalized spacial score (nSPS) is 19.6. The predicted molar refractivity (Wildman–Crippen MR) is 71.4 cm³/mol. The van der Waals surface area contributed by atoms with Crippen LogP contribution in [-0.4, -0.2) is 23.7 Å². The van der Waals surface area contributed by atoms with E-state index in [9.17, 15) is 4.79 Å². The van der Waals surface area contributed by atoms with Crippen molar-refractivity contribution in [1.29, 1.82) is 0 Å². The van der Waals surface area contributed by atoms with Crippen LogP contribution in [0.2, 0.25) is 0 Å². The van der Waals surface area contributed by atoms with E-state index in [4.69, 9.17) is 5.11 Å². The second-order valence-corrected chi connectivity index (χ2v) is 5.31. The molecule has 1 aromatic carbocycles. The Kier molecular flexibility index (Phi) is 4.05. The molecule has 0 amide bonds. The third kappa shape index (κ3) is 3.22. The molecule has 4 heteroatoms. The summed E-state index contributed by atoms with van der Waals surface area (Å²) in [6.45, 7) is 1.03. The van der Waals surface area contributed by atoms with Gasteiger partial charge in [-0.25, -0.2) is 0 Å². The summed E-state index contributed by atoms with van der Waals surface area (Å²) in [5.41, 5.74) is 1.20. The number of carboxylic acids is 1. The zero-order valence-corrected chi connectivity index (χ0v) is 11.2. The molecule has 2 rings (SSSR count). The average Bonchev–Trinajstić information content (AvgIpc) is 2.75. The molecular weight excluding hydrogens is 282 g/mol. The van der Waals surface area contributed by atoms with Crippen molar-refractivity contribution >= 4 is 27.6 Å². The maximum Gasteiger partial charge on any atom is 0.303 e. The number of nitrogens with zero attached hydrogens (tertiary/aromatic N) is 1. The van der Waals surface area contributed by atoms with Gasteiger partial charge in [-0.3, -0.25) is 4.79 Å². The Morgan fingerprint density at radius 3 is 2.76 bits per heavy atom. The highest BCUT2D eigenvalue weighted by molar-refractivity contribution is 9.10. The Balaban J connectivity index is 2.03. The first kappa shape index (κ1) is 12.4. The van der Waals surface area contributed by atoms with Gasteiger partial charge in [0.25, 0.3) is 0 Å². The molecule has 0 saturated carbocycles. The lowest BCUT2D eigenvalue weighted by molar-refractivity contribution is -0.137. The fourth-order valence-corrected chi connectivity index (χ4v) is 2.66. The van der Waals surface area contributed by atoms with Crippen LogP contribution >= 0.6 is 15.9 Å². The number of halogens is 1. The average molecular weight is 298 g/mol. The van der Waals surface area contributed by atoms with Crippen molar-refractivity contribution in [3.05, 3.63) is 28.7 Å². The second kappa shape index (κ2) is 5.54. The lowest BCUT2D eigenvalue weighted by Crippen LogP contribution is -2.29. The summed E-state index contributed by atoms with van der Waals surface area (Å²) in [5.74, 6) is -0.701. The van der Waals surface area contributed by atoms with Crippen LogP contribution in [0.1, 0.15) is 25.7 Å². The van der Waals surface area contributed by atoms with Gasteiger partial charge >= 0.3 is 5.97 Å². The molecule has 0 spiro atoms. The monoisotopic (exact) mass is 297 g/mol.